The molecule has 0 saturated carbocycles. The fraction of sp³-hybridized carbons (Fsp3) is 0.259. The first-order chi connectivity index (χ1) is 17.6. The molecule has 1 aliphatic heterocycles. The van der Waals surface area contributed by atoms with E-state index in [-0.39, 0.29) is 11.8 Å². The van der Waals surface area contributed by atoms with E-state index >= 15 is 0 Å². The van der Waals surface area contributed by atoms with Crippen LogP contribution >= 0.6 is 0 Å². The van der Waals surface area contributed by atoms with E-state index in [4.69, 9.17) is 0 Å². The number of hydrogen-bond donors (Lipinski definition) is 2. The van der Waals surface area contributed by atoms with E-state index in [0.717, 1.165) is 48.7 Å². The second kappa shape index (κ2) is 10.6. The summed E-state index contributed by atoms with van der Waals surface area (Å²) in [5.41, 5.74) is 4.00. The molecule has 3 heterocycles. The minimum atomic E-state index is -0.257. The number of anilines is 1. The quantitative estimate of drug-likeness (QED) is 0.421. The van der Waals surface area contributed by atoms with Crippen LogP contribution in [0.25, 0.3) is 16.8 Å². The Kier molecular flexibility index (Phi) is 6.90. The highest BCUT2D eigenvalue weighted by Gasteiger charge is 2.18. The third-order valence-electron chi connectivity index (χ3n) is 6.24. The highest BCUT2D eigenvalue weighted by Crippen LogP contribution is 2.22. The average Bonchev–Trinajstić information content (AvgIpc) is 3.54. The first-order valence-electron chi connectivity index (χ1n) is 12.1. The van der Waals surface area contributed by atoms with Gasteiger partial charge in [0.25, 0.3) is 5.91 Å². The molecule has 0 atom stereocenters. The molecule has 1 aliphatic rings. The van der Waals surface area contributed by atoms with Gasteiger partial charge in [0.05, 0.1) is 11.9 Å². The van der Waals surface area contributed by atoms with Gasteiger partial charge in [0.15, 0.2) is 0 Å². The SMILES string of the molecule is Cn1cc(-c2cccc(C(=O)Nc3nc(CCC(=O)N4CCNCC4)cn3-c3ccccc3)c2)cn1. The van der Waals surface area contributed by atoms with Crippen LogP contribution in [0.1, 0.15) is 22.5 Å². The second-order valence-corrected chi connectivity index (χ2v) is 8.83. The standard InChI is InChI=1S/C27H29N7O2/c1-32-18-22(17-29-32)20-6-5-7-21(16-20)26(36)31-27-30-23(19-34(27)24-8-3-2-4-9-24)10-11-25(35)33-14-12-28-13-15-33/h2-9,16-19,28H,10-15H2,1H3,(H,30,31,36). The molecule has 5 rings (SSSR count). The van der Waals surface area contributed by atoms with E-state index in [9.17, 15) is 9.59 Å². The first kappa shape index (κ1) is 23.5. The second-order valence-electron chi connectivity index (χ2n) is 8.83. The Labute approximate surface area is 209 Å². The molecule has 0 bridgehead atoms. The number of piperazine rings is 1. The van der Waals surface area contributed by atoms with Gasteiger partial charge in [0.2, 0.25) is 11.9 Å². The molecule has 1 fully saturated rings. The summed E-state index contributed by atoms with van der Waals surface area (Å²) < 4.78 is 3.58. The lowest BCUT2D eigenvalue weighted by Crippen LogP contribution is -2.46. The van der Waals surface area contributed by atoms with Crippen molar-refractivity contribution in [2.45, 2.75) is 12.8 Å². The molecule has 2 aromatic carbocycles. The number of carbonyl (C=O) groups excluding carboxylic acids is 2. The Morgan fingerprint density at radius 1 is 1.00 bits per heavy atom. The van der Waals surface area contributed by atoms with Crippen molar-refractivity contribution >= 4 is 17.8 Å². The maximum absolute atomic E-state index is 13.2. The van der Waals surface area contributed by atoms with Crippen molar-refractivity contribution < 1.29 is 9.59 Å². The molecular formula is C27H29N7O2. The van der Waals surface area contributed by atoms with E-state index in [1.165, 1.54) is 0 Å². The zero-order valence-electron chi connectivity index (χ0n) is 20.2. The largest absolute Gasteiger partial charge is 0.340 e. The smallest absolute Gasteiger partial charge is 0.258 e. The molecule has 2 N–H and O–H groups in total. The molecule has 9 heteroatoms. The summed E-state index contributed by atoms with van der Waals surface area (Å²) in [6.07, 6.45) is 6.45. The Morgan fingerprint density at radius 3 is 2.56 bits per heavy atom. The van der Waals surface area contributed by atoms with Gasteiger partial charge in [-0.05, 0) is 29.8 Å². The first-order valence-corrected chi connectivity index (χ1v) is 12.1. The number of imidazole rings is 1. The van der Waals surface area contributed by atoms with Crippen molar-refractivity contribution in [3.05, 3.63) is 84.4 Å². The molecular weight excluding hydrogens is 454 g/mol. The third-order valence-corrected chi connectivity index (χ3v) is 6.24. The van der Waals surface area contributed by atoms with Gasteiger partial charge in [-0.15, -0.1) is 0 Å². The van der Waals surface area contributed by atoms with E-state index in [0.29, 0.717) is 24.4 Å². The molecule has 1 saturated heterocycles. The van der Waals surface area contributed by atoms with Crippen molar-refractivity contribution in [2.75, 3.05) is 31.5 Å². The van der Waals surface area contributed by atoms with Crippen LogP contribution in [-0.2, 0) is 18.3 Å². The predicted octanol–water partition coefficient (Wildman–Crippen LogP) is 2.89. The van der Waals surface area contributed by atoms with E-state index in [1.54, 1.807) is 16.9 Å². The summed E-state index contributed by atoms with van der Waals surface area (Å²) in [6.45, 7) is 3.12. The summed E-state index contributed by atoms with van der Waals surface area (Å²) in [6, 6.07) is 17.1. The van der Waals surface area contributed by atoms with Crippen molar-refractivity contribution in [3.8, 4) is 16.8 Å². The van der Waals surface area contributed by atoms with Gasteiger partial charge >= 0.3 is 0 Å². The predicted molar refractivity (Wildman–Crippen MR) is 138 cm³/mol. The number of amides is 2. The number of benzene rings is 2. The molecule has 2 amide bonds. The third kappa shape index (κ3) is 5.36. The van der Waals surface area contributed by atoms with Crippen LogP contribution < -0.4 is 10.6 Å². The maximum atomic E-state index is 13.2. The summed E-state index contributed by atoms with van der Waals surface area (Å²) in [4.78, 5) is 32.4. The number of nitrogens with one attached hydrogen (secondary N) is 2. The lowest BCUT2D eigenvalue weighted by molar-refractivity contribution is -0.131. The maximum Gasteiger partial charge on any atom is 0.258 e. The van der Waals surface area contributed by atoms with Crippen molar-refractivity contribution in [3.63, 3.8) is 0 Å². The summed E-state index contributed by atoms with van der Waals surface area (Å²) >= 11 is 0. The molecule has 0 unspecified atom stereocenters. The topological polar surface area (TPSA) is 97.1 Å². The molecule has 36 heavy (non-hydrogen) atoms. The van der Waals surface area contributed by atoms with Gasteiger partial charge in [-0.2, -0.15) is 5.10 Å². The molecule has 4 aromatic rings. The number of nitrogens with zero attached hydrogens (tertiary/aromatic N) is 5. The van der Waals surface area contributed by atoms with E-state index < -0.39 is 0 Å². The van der Waals surface area contributed by atoms with Crippen LogP contribution in [0.3, 0.4) is 0 Å². The minimum Gasteiger partial charge on any atom is -0.340 e. The van der Waals surface area contributed by atoms with Crippen molar-refractivity contribution in [1.29, 1.82) is 0 Å². The summed E-state index contributed by atoms with van der Waals surface area (Å²) in [7, 11) is 1.86. The van der Waals surface area contributed by atoms with Gasteiger partial charge in [-0.3, -0.25) is 24.2 Å². The number of aryl methyl sites for hydroxylation is 2. The fourth-order valence-electron chi connectivity index (χ4n) is 4.31. The van der Waals surface area contributed by atoms with Crippen LogP contribution in [0.5, 0.6) is 0 Å². The van der Waals surface area contributed by atoms with E-state index in [2.05, 4.69) is 20.7 Å². The van der Waals surface area contributed by atoms with E-state index in [1.807, 2.05) is 77.4 Å². The molecule has 0 spiro atoms. The zero-order valence-corrected chi connectivity index (χ0v) is 20.2. The highest BCUT2D eigenvalue weighted by atomic mass is 16.2. The lowest BCUT2D eigenvalue weighted by Gasteiger charge is -2.27. The lowest BCUT2D eigenvalue weighted by atomic mass is 10.1. The van der Waals surface area contributed by atoms with Gasteiger partial charge in [-0.1, -0.05) is 30.3 Å². The van der Waals surface area contributed by atoms with Gasteiger partial charge < -0.3 is 10.2 Å². The Hall–Kier alpha value is -4.24. The van der Waals surface area contributed by atoms with Crippen LogP contribution in [0, 0.1) is 0 Å². The molecule has 184 valence electrons. The number of rotatable bonds is 7. The minimum absolute atomic E-state index is 0.128. The Morgan fingerprint density at radius 2 is 1.81 bits per heavy atom. The normalized spacial score (nSPS) is 13.5. The molecule has 9 nitrogen and oxygen atoms in total. The summed E-state index contributed by atoms with van der Waals surface area (Å²) in [5, 5.41) is 10.4. The van der Waals surface area contributed by atoms with Crippen molar-refractivity contribution in [1.82, 2.24) is 29.5 Å². The Bertz CT molecular complexity index is 1350. The average molecular weight is 484 g/mol. The van der Waals surface area contributed by atoms with Gasteiger partial charge in [-0.25, -0.2) is 4.98 Å². The monoisotopic (exact) mass is 483 g/mol. The molecule has 0 aliphatic carbocycles. The van der Waals surface area contributed by atoms with Gasteiger partial charge in [0, 0.05) is 75.3 Å². The Balaban J connectivity index is 1.35. The van der Waals surface area contributed by atoms with Crippen LogP contribution in [-0.4, -0.2) is 62.2 Å². The number of aromatic nitrogens is 4. The van der Waals surface area contributed by atoms with Crippen molar-refractivity contribution in [2.24, 2.45) is 7.05 Å². The number of para-hydroxylation sites is 1. The zero-order chi connectivity index (χ0) is 24.9. The van der Waals surface area contributed by atoms with Crippen LogP contribution in [0.15, 0.2) is 73.2 Å². The van der Waals surface area contributed by atoms with Crippen LogP contribution in [0.4, 0.5) is 5.95 Å². The highest BCUT2D eigenvalue weighted by molar-refractivity contribution is 6.04. The van der Waals surface area contributed by atoms with Gasteiger partial charge in [0.1, 0.15) is 0 Å². The number of carbonyl (C=O) groups is 2. The molecule has 0 radical (unpaired) electrons. The number of hydrogen-bond acceptors (Lipinski definition) is 5. The summed E-state index contributed by atoms with van der Waals surface area (Å²) in [5.74, 6) is 0.290. The van der Waals surface area contributed by atoms with Crippen LogP contribution in [0.2, 0.25) is 0 Å². The fourth-order valence-corrected chi connectivity index (χ4v) is 4.31. The molecule has 2 aromatic heterocycles.